The van der Waals surface area contributed by atoms with Gasteiger partial charge in [0, 0.05) is 12.7 Å². The van der Waals surface area contributed by atoms with Gasteiger partial charge in [0.1, 0.15) is 11.4 Å². The quantitative estimate of drug-likeness (QED) is 0.774. The molecule has 2 aromatic rings. The largest absolute Gasteiger partial charge is 0.439 e. The van der Waals surface area contributed by atoms with Gasteiger partial charge in [0.2, 0.25) is 6.23 Å². The first-order valence-corrected chi connectivity index (χ1v) is 9.66. The van der Waals surface area contributed by atoms with E-state index in [1.807, 2.05) is 65.6 Å². The topological polar surface area (TPSA) is 49.9 Å². The van der Waals surface area contributed by atoms with Crippen LogP contribution in [0.1, 0.15) is 23.4 Å². The smallest absolute Gasteiger partial charge is 0.324 e. The molecule has 2 fully saturated rings. The minimum absolute atomic E-state index is 0.0486. The van der Waals surface area contributed by atoms with E-state index in [2.05, 4.69) is 0 Å². The van der Waals surface area contributed by atoms with Gasteiger partial charge < -0.3 is 4.74 Å². The van der Waals surface area contributed by atoms with E-state index in [4.69, 9.17) is 4.74 Å². The average molecular weight is 368 g/mol. The summed E-state index contributed by atoms with van der Waals surface area (Å²) in [6.07, 6.45) is -0.554. The summed E-state index contributed by atoms with van der Waals surface area (Å²) >= 11 is 1.72. The third kappa shape index (κ3) is 3.05. The van der Waals surface area contributed by atoms with Crippen LogP contribution in [-0.2, 0) is 16.1 Å². The summed E-state index contributed by atoms with van der Waals surface area (Å²) < 4.78 is 5.58. The van der Waals surface area contributed by atoms with E-state index < -0.39 is 6.23 Å². The summed E-state index contributed by atoms with van der Waals surface area (Å²) in [5, 5.41) is -0.0486. The van der Waals surface area contributed by atoms with Gasteiger partial charge in [-0.15, -0.1) is 11.8 Å². The molecular weight excluding hydrogens is 348 g/mol. The first-order valence-electron chi connectivity index (χ1n) is 8.62. The molecule has 4 rings (SSSR count). The monoisotopic (exact) mass is 368 g/mol. The molecule has 2 amide bonds. The predicted molar refractivity (Wildman–Crippen MR) is 100 cm³/mol. The lowest BCUT2D eigenvalue weighted by Gasteiger charge is -2.25. The maximum absolute atomic E-state index is 13.2. The molecule has 0 radical (unpaired) electrons. The number of amides is 2. The molecule has 0 spiro atoms. The van der Waals surface area contributed by atoms with E-state index >= 15 is 0 Å². The van der Waals surface area contributed by atoms with E-state index in [1.54, 1.807) is 16.7 Å². The molecule has 2 heterocycles. The molecule has 134 valence electrons. The van der Waals surface area contributed by atoms with Crippen LogP contribution in [-0.4, -0.2) is 39.8 Å². The van der Waals surface area contributed by atoms with E-state index in [0.717, 1.165) is 16.9 Å². The number of carbonyl (C=O) groups is 2. The van der Waals surface area contributed by atoms with Gasteiger partial charge in [0.05, 0.1) is 6.54 Å². The number of fused-ring (bicyclic) bond motifs is 1. The van der Waals surface area contributed by atoms with Gasteiger partial charge in [0.15, 0.2) is 0 Å². The minimum Gasteiger partial charge on any atom is -0.439 e. The highest BCUT2D eigenvalue weighted by Gasteiger charge is 2.54. The highest BCUT2D eigenvalue weighted by atomic mass is 32.2. The predicted octanol–water partition coefficient (Wildman–Crippen LogP) is 3.63. The number of urea groups is 1. The third-order valence-corrected chi connectivity index (χ3v) is 6.05. The molecule has 3 atom stereocenters. The molecule has 0 aromatic heterocycles. The molecule has 0 aliphatic carbocycles. The molecule has 6 heteroatoms. The van der Waals surface area contributed by atoms with Crippen molar-refractivity contribution in [3.63, 3.8) is 0 Å². The summed E-state index contributed by atoms with van der Waals surface area (Å²) in [4.78, 5) is 28.4. The number of hydrogen-bond acceptors (Lipinski definition) is 4. The van der Waals surface area contributed by atoms with Gasteiger partial charge in [-0.1, -0.05) is 60.7 Å². The fraction of sp³-hybridized carbons (Fsp3) is 0.300. The highest BCUT2D eigenvalue weighted by Crippen LogP contribution is 2.47. The number of hydrogen-bond donors (Lipinski definition) is 0. The Morgan fingerprint density at radius 3 is 2.42 bits per heavy atom. The van der Waals surface area contributed by atoms with Crippen LogP contribution in [0, 0.1) is 0 Å². The van der Waals surface area contributed by atoms with Crippen LogP contribution in [0.3, 0.4) is 0 Å². The molecule has 2 saturated heterocycles. The van der Waals surface area contributed by atoms with Crippen LogP contribution < -0.4 is 0 Å². The maximum atomic E-state index is 13.2. The van der Waals surface area contributed by atoms with Crippen LogP contribution in [0.2, 0.25) is 0 Å². The number of esters is 1. The standard InChI is InChI=1S/C20H20N2O3S/c1-14(23)25-18-17-13-26-19(16-10-6-3-7-11-16)22(17)20(24)21(18)12-15-8-4-2-5-9-15/h2-11,17-19H,12-13H2,1H3/t17-,18?,19?/m0/s1. The van der Waals surface area contributed by atoms with Gasteiger partial charge in [-0.2, -0.15) is 0 Å². The first kappa shape index (κ1) is 17.0. The Hall–Kier alpha value is -2.47. The van der Waals surface area contributed by atoms with Gasteiger partial charge in [-0.3, -0.25) is 14.6 Å². The Morgan fingerprint density at radius 2 is 1.77 bits per heavy atom. The van der Waals surface area contributed by atoms with Crippen molar-refractivity contribution in [2.45, 2.75) is 31.1 Å². The van der Waals surface area contributed by atoms with Crippen molar-refractivity contribution in [1.29, 1.82) is 0 Å². The van der Waals surface area contributed by atoms with Crippen molar-refractivity contribution in [2.24, 2.45) is 0 Å². The van der Waals surface area contributed by atoms with E-state index in [-0.39, 0.29) is 23.4 Å². The maximum Gasteiger partial charge on any atom is 0.324 e. The summed E-state index contributed by atoms with van der Waals surface area (Å²) in [5.74, 6) is 0.380. The Morgan fingerprint density at radius 1 is 1.12 bits per heavy atom. The fourth-order valence-corrected chi connectivity index (χ4v) is 5.04. The number of benzene rings is 2. The number of rotatable bonds is 4. The van der Waals surface area contributed by atoms with Crippen LogP contribution in [0.25, 0.3) is 0 Å². The lowest BCUT2D eigenvalue weighted by Crippen LogP contribution is -2.40. The van der Waals surface area contributed by atoms with Crippen molar-refractivity contribution in [1.82, 2.24) is 9.80 Å². The molecule has 2 aromatic carbocycles. The second-order valence-corrected chi connectivity index (χ2v) is 7.58. The zero-order valence-electron chi connectivity index (χ0n) is 14.4. The van der Waals surface area contributed by atoms with Crippen molar-refractivity contribution < 1.29 is 14.3 Å². The lowest BCUT2D eigenvalue weighted by atomic mass is 10.2. The Balaban J connectivity index is 1.64. The molecule has 0 N–H and O–H groups in total. The highest BCUT2D eigenvalue weighted by molar-refractivity contribution is 7.99. The molecule has 0 saturated carbocycles. The second-order valence-electron chi connectivity index (χ2n) is 6.47. The Labute approximate surface area is 156 Å². The van der Waals surface area contributed by atoms with Gasteiger partial charge in [-0.05, 0) is 11.1 Å². The van der Waals surface area contributed by atoms with Crippen LogP contribution in [0.15, 0.2) is 60.7 Å². The van der Waals surface area contributed by atoms with Gasteiger partial charge in [-0.25, -0.2) is 4.79 Å². The van der Waals surface area contributed by atoms with Crippen molar-refractivity contribution in [2.75, 3.05) is 5.75 Å². The van der Waals surface area contributed by atoms with Gasteiger partial charge in [0.25, 0.3) is 0 Å². The number of ether oxygens (including phenoxy) is 1. The van der Waals surface area contributed by atoms with Crippen LogP contribution in [0.5, 0.6) is 0 Å². The number of thioether (sulfide) groups is 1. The Kier molecular flexibility index (Phi) is 4.59. The summed E-state index contributed by atoms with van der Waals surface area (Å²) in [6, 6.07) is 19.6. The molecule has 2 aliphatic heterocycles. The van der Waals surface area contributed by atoms with Gasteiger partial charge >= 0.3 is 12.0 Å². The number of nitrogens with zero attached hydrogens (tertiary/aromatic N) is 2. The molecule has 2 unspecified atom stereocenters. The third-order valence-electron chi connectivity index (χ3n) is 4.70. The zero-order valence-corrected chi connectivity index (χ0v) is 15.3. The lowest BCUT2D eigenvalue weighted by molar-refractivity contribution is -0.154. The van der Waals surface area contributed by atoms with Crippen LogP contribution in [0.4, 0.5) is 4.79 Å². The minimum atomic E-state index is -0.554. The Bertz CT molecular complexity index is 799. The van der Waals surface area contributed by atoms with Crippen molar-refractivity contribution in [3.05, 3.63) is 71.8 Å². The molecule has 2 aliphatic rings. The van der Waals surface area contributed by atoms with Crippen molar-refractivity contribution >= 4 is 23.8 Å². The molecule has 26 heavy (non-hydrogen) atoms. The van der Waals surface area contributed by atoms with Crippen molar-refractivity contribution in [3.8, 4) is 0 Å². The molecule has 5 nitrogen and oxygen atoms in total. The summed E-state index contributed by atoms with van der Waals surface area (Å²) in [6.45, 7) is 1.82. The normalized spacial score (nSPS) is 24.7. The molecule has 0 bridgehead atoms. The van der Waals surface area contributed by atoms with E-state index in [1.165, 1.54) is 6.92 Å². The van der Waals surface area contributed by atoms with E-state index in [0.29, 0.717) is 6.54 Å². The fourth-order valence-electron chi connectivity index (χ4n) is 3.58. The zero-order chi connectivity index (χ0) is 18.1. The first-order chi connectivity index (χ1) is 12.6. The summed E-state index contributed by atoms with van der Waals surface area (Å²) in [5.41, 5.74) is 2.11. The second kappa shape index (κ2) is 7.03. The number of carbonyl (C=O) groups excluding carboxylic acids is 2. The summed E-state index contributed by atoms with van der Waals surface area (Å²) in [7, 11) is 0. The van der Waals surface area contributed by atoms with Crippen LogP contribution >= 0.6 is 11.8 Å². The van der Waals surface area contributed by atoms with E-state index in [9.17, 15) is 9.59 Å². The SMILES string of the molecule is CC(=O)OC1[C@@H]2CSC(c3ccccc3)N2C(=O)N1Cc1ccccc1. The average Bonchev–Trinajstić information content (AvgIpc) is 3.19. The molecular formula is C20H20N2O3S.